The zero-order chi connectivity index (χ0) is 14.5. The van der Waals surface area contributed by atoms with Gasteiger partial charge in [0, 0.05) is 18.4 Å². The van der Waals surface area contributed by atoms with Gasteiger partial charge in [-0.2, -0.15) is 0 Å². The first-order valence-corrected chi connectivity index (χ1v) is 7.06. The number of carbonyl (C=O) groups excluding carboxylic acids is 2. The van der Waals surface area contributed by atoms with E-state index in [4.69, 9.17) is 0 Å². The second kappa shape index (κ2) is 6.38. The van der Waals surface area contributed by atoms with E-state index in [-0.39, 0.29) is 24.5 Å². The van der Waals surface area contributed by atoms with E-state index in [0.717, 1.165) is 10.6 Å². The zero-order valence-electron chi connectivity index (χ0n) is 11.3. The molecule has 1 amide bonds. The van der Waals surface area contributed by atoms with Gasteiger partial charge < -0.3 is 5.32 Å². The molecule has 104 valence electrons. The molecule has 0 spiro atoms. The first-order valence-electron chi connectivity index (χ1n) is 6.24. The van der Waals surface area contributed by atoms with Crippen molar-refractivity contribution in [1.29, 1.82) is 0 Å². The number of nitrogens with zero attached hydrogens (tertiary/aromatic N) is 2. The Kier molecular flexibility index (Phi) is 4.57. The highest BCUT2D eigenvalue weighted by molar-refractivity contribution is 7.15. The predicted octanol–water partition coefficient (Wildman–Crippen LogP) is 2.76. The van der Waals surface area contributed by atoms with Crippen LogP contribution >= 0.6 is 11.3 Å². The summed E-state index contributed by atoms with van der Waals surface area (Å²) in [4.78, 5) is 23.6. The van der Waals surface area contributed by atoms with Crippen LogP contribution in [0.5, 0.6) is 0 Å². The van der Waals surface area contributed by atoms with Crippen LogP contribution in [-0.4, -0.2) is 21.9 Å². The van der Waals surface area contributed by atoms with Crippen molar-refractivity contribution in [2.75, 3.05) is 5.32 Å². The lowest BCUT2D eigenvalue weighted by molar-refractivity contribution is -0.116. The summed E-state index contributed by atoms with van der Waals surface area (Å²) >= 11 is 1.31. The third kappa shape index (κ3) is 3.96. The van der Waals surface area contributed by atoms with Crippen LogP contribution in [0.15, 0.2) is 24.3 Å². The van der Waals surface area contributed by atoms with Gasteiger partial charge >= 0.3 is 0 Å². The molecule has 0 atom stereocenters. The number of aryl methyl sites for hydroxylation is 2. The lowest BCUT2D eigenvalue weighted by Crippen LogP contribution is -2.13. The summed E-state index contributed by atoms with van der Waals surface area (Å²) in [5.41, 5.74) is 1.74. The normalized spacial score (nSPS) is 10.3. The standard InChI is InChI=1S/C14H15N3O2S/c1-9-3-5-11(6-4-9)12(18)7-8-13(19)15-14-17-16-10(2)20-14/h3-6H,7-8H2,1-2H3,(H,15,17,19). The van der Waals surface area contributed by atoms with Crippen LogP contribution in [0.1, 0.15) is 33.8 Å². The van der Waals surface area contributed by atoms with Gasteiger partial charge in [-0.05, 0) is 13.8 Å². The Morgan fingerprint density at radius 1 is 1.10 bits per heavy atom. The third-order valence-corrected chi connectivity index (χ3v) is 3.48. The van der Waals surface area contributed by atoms with Gasteiger partial charge in [-0.15, -0.1) is 10.2 Å². The highest BCUT2D eigenvalue weighted by Crippen LogP contribution is 2.14. The van der Waals surface area contributed by atoms with E-state index in [2.05, 4.69) is 15.5 Å². The lowest BCUT2D eigenvalue weighted by Gasteiger charge is -2.02. The Morgan fingerprint density at radius 3 is 2.40 bits per heavy atom. The van der Waals surface area contributed by atoms with Crippen LogP contribution in [-0.2, 0) is 4.79 Å². The number of rotatable bonds is 5. The maximum absolute atomic E-state index is 11.9. The summed E-state index contributed by atoms with van der Waals surface area (Å²) in [5.74, 6) is -0.254. The molecule has 1 aromatic carbocycles. The third-order valence-electron chi connectivity index (χ3n) is 2.73. The van der Waals surface area contributed by atoms with Gasteiger partial charge in [-0.3, -0.25) is 9.59 Å². The number of anilines is 1. The molecule has 0 saturated heterocycles. The molecule has 1 N–H and O–H groups in total. The van der Waals surface area contributed by atoms with Crippen LogP contribution in [0, 0.1) is 13.8 Å². The number of aromatic nitrogens is 2. The molecule has 2 rings (SSSR count). The van der Waals surface area contributed by atoms with Crippen molar-refractivity contribution < 1.29 is 9.59 Å². The van der Waals surface area contributed by atoms with Crippen LogP contribution < -0.4 is 5.32 Å². The average Bonchev–Trinajstić information content (AvgIpc) is 2.82. The van der Waals surface area contributed by atoms with E-state index in [9.17, 15) is 9.59 Å². The van der Waals surface area contributed by atoms with Crippen molar-refractivity contribution in [3.63, 3.8) is 0 Å². The second-order valence-electron chi connectivity index (χ2n) is 4.46. The molecular formula is C14H15N3O2S. The fourth-order valence-electron chi connectivity index (χ4n) is 1.64. The summed E-state index contributed by atoms with van der Waals surface area (Å²) in [6.45, 7) is 3.78. The molecule has 20 heavy (non-hydrogen) atoms. The molecule has 0 saturated carbocycles. The van der Waals surface area contributed by atoms with Gasteiger partial charge in [-0.1, -0.05) is 41.2 Å². The molecule has 2 aromatic rings. The second-order valence-corrected chi connectivity index (χ2v) is 5.65. The minimum Gasteiger partial charge on any atom is -0.301 e. The number of carbonyl (C=O) groups is 2. The average molecular weight is 289 g/mol. The summed E-state index contributed by atoms with van der Waals surface area (Å²) in [6.07, 6.45) is 0.331. The Labute approximate surface area is 121 Å². The first kappa shape index (κ1) is 14.3. The number of benzene rings is 1. The van der Waals surface area contributed by atoms with Crippen molar-refractivity contribution in [2.45, 2.75) is 26.7 Å². The molecule has 1 heterocycles. The Morgan fingerprint density at radius 2 is 1.80 bits per heavy atom. The van der Waals surface area contributed by atoms with Gasteiger partial charge in [0.05, 0.1) is 0 Å². The molecule has 0 aliphatic carbocycles. The summed E-state index contributed by atoms with van der Waals surface area (Å²) in [6, 6.07) is 7.34. The van der Waals surface area contributed by atoms with E-state index in [1.54, 1.807) is 12.1 Å². The summed E-state index contributed by atoms with van der Waals surface area (Å²) in [5, 5.41) is 11.5. The predicted molar refractivity (Wildman–Crippen MR) is 78.0 cm³/mol. The maximum atomic E-state index is 11.9. The number of nitrogens with one attached hydrogen (secondary N) is 1. The Hall–Kier alpha value is -2.08. The number of Topliss-reactive ketones (excluding diaryl/α,β-unsaturated/α-hetero) is 1. The van der Waals surface area contributed by atoms with Crippen molar-refractivity contribution in [3.05, 3.63) is 40.4 Å². The molecule has 0 aliphatic heterocycles. The minimum atomic E-state index is -0.221. The van der Waals surface area contributed by atoms with Gasteiger partial charge in [-0.25, -0.2) is 0 Å². The first-order chi connectivity index (χ1) is 9.54. The van der Waals surface area contributed by atoms with E-state index < -0.39 is 0 Å². The molecule has 0 radical (unpaired) electrons. The summed E-state index contributed by atoms with van der Waals surface area (Å²) < 4.78 is 0. The molecular weight excluding hydrogens is 274 g/mol. The molecule has 0 unspecified atom stereocenters. The fourth-order valence-corrected chi connectivity index (χ4v) is 2.25. The van der Waals surface area contributed by atoms with Crippen LogP contribution in [0.2, 0.25) is 0 Å². The van der Waals surface area contributed by atoms with Gasteiger partial charge in [0.2, 0.25) is 11.0 Å². The Balaban J connectivity index is 1.84. The van der Waals surface area contributed by atoms with E-state index in [1.807, 2.05) is 26.0 Å². The fraction of sp³-hybridized carbons (Fsp3) is 0.286. The molecule has 0 fully saturated rings. The van der Waals surface area contributed by atoms with Crippen molar-refractivity contribution in [1.82, 2.24) is 10.2 Å². The van der Waals surface area contributed by atoms with Crippen molar-refractivity contribution in [3.8, 4) is 0 Å². The van der Waals surface area contributed by atoms with Gasteiger partial charge in [0.15, 0.2) is 5.78 Å². The minimum absolute atomic E-state index is 0.0337. The van der Waals surface area contributed by atoms with E-state index in [1.165, 1.54) is 11.3 Å². The maximum Gasteiger partial charge on any atom is 0.226 e. The van der Waals surface area contributed by atoms with Crippen LogP contribution in [0.25, 0.3) is 0 Å². The molecule has 6 heteroatoms. The largest absolute Gasteiger partial charge is 0.301 e. The summed E-state index contributed by atoms with van der Waals surface area (Å²) in [7, 11) is 0. The van der Waals surface area contributed by atoms with E-state index in [0.29, 0.717) is 10.7 Å². The quantitative estimate of drug-likeness (QED) is 0.859. The molecule has 0 aliphatic rings. The SMILES string of the molecule is Cc1ccc(C(=O)CCC(=O)Nc2nnc(C)s2)cc1. The number of hydrogen-bond donors (Lipinski definition) is 1. The molecule has 5 nitrogen and oxygen atoms in total. The zero-order valence-corrected chi connectivity index (χ0v) is 12.2. The van der Waals surface area contributed by atoms with Crippen LogP contribution in [0.4, 0.5) is 5.13 Å². The van der Waals surface area contributed by atoms with Gasteiger partial charge in [0.25, 0.3) is 0 Å². The molecule has 1 aromatic heterocycles. The lowest BCUT2D eigenvalue weighted by atomic mass is 10.1. The number of amides is 1. The monoisotopic (exact) mass is 289 g/mol. The topological polar surface area (TPSA) is 72.0 Å². The van der Waals surface area contributed by atoms with Crippen molar-refractivity contribution in [2.24, 2.45) is 0 Å². The number of ketones is 1. The highest BCUT2D eigenvalue weighted by atomic mass is 32.1. The Bertz CT molecular complexity index is 620. The highest BCUT2D eigenvalue weighted by Gasteiger charge is 2.11. The smallest absolute Gasteiger partial charge is 0.226 e. The molecule has 0 bridgehead atoms. The van der Waals surface area contributed by atoms with E-state index >= 15 is 0 Å². The van der Waals surface area contributed by atoms with Gasteiger partial charge in [0.1, 0.15) is 5.01 Å². The van der Waals surface area contributed by atoms with Crippen LogP contribution in [0.3, 0.4) is 0 Å². The number of hydrogen-bond acceptors (Lipinski definition) is 5. The van der Waals surface area contributed by atoms with Crippen molar-refractivity contribution >= 4 is 28.2 Å².